The first-order chi connectivity index (χ1) is 12.0. The predicted molar refractivity (Wildman–Crippen MR) is 99.2 cm³/mol. The van der Waals surface area contributed by atoms with Crippen LogP contribution >= 0.6 is 11.6 Å². The molecule has 2 rings (SSSR count). The van der Waals surface area contributed by atoms with Crippen molar-refractivity contribution < 1.29 is 9.59 Å². The van der Waals surface area contributed by atoms with E-state index in [4.69, 9.17) is 17.3 Å². The minimum Gasteiger partial charge on any atom is -0.370 e. The number of halogens is 1. The number of nitrogens with two attached hydrogens (primary N) is 1. The van der Waals surface area contributed by atoms with E-state index in [2.05, 4.69) is 5.32 Å². The maximum absolute atomic E-state index is 12.5. The third-order valence-electron chi connectivity index (χ3n) is 3.71. The molecule has 5 nitrogen and oxygen atoms in total. The zero-order valence-corrected chi connectivity index (χ0v) is 14.7. The molecule has 2 aromatic carbocycles. The smallest absolute Gasteiger partial charge is 0.317 e. The number of carbonyl (C=O) groups excluding carboxylic acids is 2. The van der Waals surface area contributed by atoms with Crippen molar-refractivity contribution in [2.45, 2.75) is 19.4 Å². The van der Waals surface area contributed by atoms with Gasteiger partial charge in [0.2, 0.25) is 5.91 Å². The zero-order valence-electron chi connectivity index (χ0n) is 14.0. The van der Waals surface area contributed by atoms with Crippen molar-refractivity contribution in [3.8, 4) is 0 Å². The van der Waals surface area contributed by atoms with Gasteiger partial charge in [0.15, 0.2) is 0 Å². The minimum atomic E-state index is -0.426. The SMILES string of the molecule is NC(=O)CCN(Cc1ccccc1)C(=O)NCCc1cccc(Cl)c1. The highest BCUT2D eigenvalue weighted by Gasteiger charge is 2.14. The summed E-state index contributed by atoms with van der Waals surface area (Å²) in [7, 11) is 0. The Balaban J connectivity index is 1.90. The molecule has 0 fully saturated rings. The summed E-state index contributed by atoms with van der Waals surface area (Å²) < 4.78 is 0. The highest BCUT2D eigenvalue weighted by molar-refractivity contribution is 6.30. The van der Waals surface area contributed by atoms with Crippen LogP contribution in [0.25, 0.3) is 0 Å². The normalized spacial score (nSPS) is 10.3. The second-order valence-corrected chi connectivity index (χ2v) is 6.17. The lowest BCUT2D eigenvalue weighted by Crippen LogP contribution is -2.41. The second-order valence-electron chi connectivity index (χ2n) is 5.74. The number of amides is 3. The maximum atomic E-state index is 12.5. The summed E-state index contributed by atoms with van der Waals surface area (Å²) in [6, 6.07) is 17.0. The first kappa shape index (κ1) is 18.8. The lowest BCUT2D eigenvalue weighted by molar-refractivity contribution is -0.118. The van der Waals surface area contributed by atoms with Gasteiger partial charge in [0, 0.05) is 31.1 Å². The van der Waals surface area contributed by atoms with Gasteiger partial charge < -0.3 is 16.0 Å². The van der Waals surface area contributed by atoms with E-state index in [1.54, 1.807) is 4.90 Å². The fourth-order valence-electron chi connectivity index (χ4n) is 2.42. The van der Waals surface area contributed by atoms with Gasteiger partial charge in [0.25, 0.3) is 0 Å². The Kier molecular flexibility index (Phi) is 7.29. The molecule has 3 amide bonds. The molecule has 0 aromatic heterocycles. The minimum absolute atomic E-state index is 0.133. The molecule has 25 heavy (non-hydrogen) atoms. The Labute approximate surface area is 152 Å². The number of rotatable bonds is 8. The molecule has 0 heterocycles. The lowest BCUT2D eigenvalue weighted by Gasteiger charge is -2.23. The van der Waals surface area contributed by atoms with Crippen molar-refractivity contribution in [1.29, 1.82) is 0 Å². The van der Waals surface area contributed by atoms with Crippen molar-refractivity contribution in [3.63, 3.8) is 0 Å². The van der Waals surface area contributed by atoms with Crippen LogP contribution in [-0.2, 0) is 17.8 Å². The highest BCUT2D eigenvalue weighted by atomic mass is 35.5. The molecule has 0 unspecified atom stereocenters. The molecule has 0 bridgehead atoms. The van der Waals surface area contributed by atoms with E-state index in [9.17, 15) is 9.59 Å². The molecule has 0 atom stereocenters. The molecule has 0 saturated heterocycles. The molecule has 0 radical (unpaired) electrons. The van der Waals surface area contributed by atoms with Crippen LogP contribution in [0.4, 0.5) is 4.79 Å². The quantitative estimate of drug-likeness (QED) is 0.760. The lowest BCUT2D eigenvalue weighted by atomic mass is 10.1. The van der Waals surface area contributed by atoms with Crippen LogP contribution in [0.15, 0.2) is 54.6 Å². The Bertz CT molecular complexity index is 707. The Hall–Kier alpha value is -2.53. The van der Waals surface area contributed by atoms with E-state index in [1.807, 2.05) is 54.6 Å². The number of nitrogens with zero attached hydrogens (tertiary/aromatic N) is 1. The van der Waals surface area contributed by atoms with Gasteiger partial charge in [-0.3, -0.25) is 4.79 Å². The molecule has 0 saturated carbocycles. The second kappa shape index (κ2) is 9.69. The van der Waals surface area contributed by atoms with Gasteiger partial charge in [-0.2, -0.15) is 0 Å². The number of nitrogens with one attached hydrogen (secondary N) is 1. The Morgan fingerprint density at radius 1 is 1.04 bits per heavy atom. The van der Waals surface area contributed by atoms with Gasteiger partial charge in [-0.05, 0) is 29.7 Å². The van der Waals surface area contributed by atoms with Gasteiger partial charge in [0.1, 0.15) is 0 Å². The summed E-state index contributed by atoms with van der Waals surface area (Å²) in [5.74, 6) is -0.426. The molecular formula is C19H22ClN3O2. The molecule has 6 heteroatoms. The van der Waals surface area contributed by atoms with Crippen LogP contribution in [0.2, 0.25) is 5.02 Å². The zero-order chi connectivity index (χ0) is 18.1. The average Bonchev–Trinajstić information content (AvgIpc) is 2.59. The number of primary amides is 1. The monoisotopic (exact) mass is 359 g/mol. The topological polar surface area (TPSA) is 75.4 Å². The van der Waals surface area contributed by atoms with Crippen molar-refractivity contribution in [1.82, 2.24) is 10.2 Å². The Morgan fingerprint density at radius 2 is 1.76 bits per heavy atom. The van der Waals surface area contributed by atoms with E-state index in [-0.39, 0.29) is 19.0 Å². The molecule has 0 spiro atoms. The first-order valence-electron chi connectivity index (χ1n) is 8.14. The predicted octanol–water partition coefficient (Wildman–Crippen LogP) is 2.97. The fraction of sp³-hybridized carbons (Fsp3) is 0.263. The van der Waals surface area contributed by atoms with Crippen LogP contribution in [0.1, 0.15) is 17.5 Å². The van der Waals surface area contributed by atoms with Gasteiger partial charge in [-0.15, -0.1) is 0 Å². The number of hydrogen-bond acceptors (Lipinski definition) is 2. The number of hydrogen-bond donors (Lipinski definition) is 2. The summed E-state index contributed by atoms with van der Waals surface area (Å²) in [4.78, 5) is 25.1. The van der Waals surface area contributed by atoms with Crippen molar-refractivity contribution in [2.24, 2.45) is 5.73 Å². The summed E-state index contributed by atoms with van der Waals surface area (Å²) in [5, 5.41) is 3.56. The molecule has 132 valence electrons. The summed E-state index contributed by atoms with van der Waals surface area (Å²) >= 11 is 5.96. The van der Waals surface area contributed by atoms with E-state index < -0.39 is 5.91 Å². The largest absolute Gasteiger partial charge is 0.370 e. The number of benzene rings is 2. The molecule has 0 aliphatic heterocycles. The van der Waals surface area contributed by atoms with Gasteiger partial charge in [-0.1, -0.05) is 54.1 Å². The third kappa shape index (κ3) is 6.85. The number of urea groups is 1. The molecule has 0 aliphatic carbocycles. The van der Waals surface area contributed by atoms with Crippen LogP contribution in [-0.4, -0.2) is 29.9 Å². The van der Waals surface area contributed by atoms with Crippen LogP contribution in [0.5, 0.6) is 0 Å². The summed E-state index contributed by atoms with van der Waals surface area (Å²) in [6.45, 7) is 1.20. The van der Waals surface area contributed by atoms with Crippen LogP contribution in [0, 0.1) is 0 Å². The molecular weight excluding hydrogens is 338 g/mol. The van der Waals surface area contributed by atoms with Crippen molar-refractivity contribution >= 4 is 23.5 Å². The summed E-state index contributed by atoms with van der Waals surface area (Å²) in [6.07, 6.45) is 0.815. The standard InChI is InChI=1S/C19H22ClN3O2/c20-17-8-4-7-15(13-17)9-11-22-19(25)23(12-10-18(21)24)14-16-5-2-1-3-6-16/h1-8,13H,9-12,14H2,(H2,21,24)(H,22,25). The van der Waals surface area contributed by atoms with E-state index in [0.717, 1.165) is 11.1 Å². The fourth-order valence-corrected chi connectivity index (χ4v) is 2.63. The van der Waals surface area contributed by atoms with E-state index >= 15 is 0 Å². The van der Waals surface area contributed by atoms with E-state index in [1.165, 1.54) is 0 Å². The average molecular weight is 360 g/mol. The number of carbonyl (C=O) groups is 2. The van der Waals surface area contributed by atoms with Crippen molar-refractivity contribution in [2.75, 3.05) is 13.1 Å². The highest BCUT2D eigenvalue weighted by Crippen LogP contribution is 2.11. The first-order valence-corrected chi connectivity index (χ1v) is 8.52. The molecule has 2 aromatic rings. The summed E-state index contributed by atoms with van der Waals surface area (Å²) in [5.41, 5.74) is 7.27. The third-order valence-corrected chi connectivity index (χ3v) is 3.95. The van der Waals surface area contributed by atoms with Gasteiger partial charge >= 0.3 is 6.03 Å². The van der Waals surface area contributed by atoms with Crippen LogP contribution < -0.4 is 11.1 Å². The van der Waals surface area contributed by atoms with Crippen molar-refractivity contribution in [3.05, 3.63) is 70.7 Å². The molecule has 0 aliphatic rings. The molecule has 3 N–H and O–H groups in total. The Morgan fingerprint density at radius 3 is 2.44 bits per heavy atom. The van der Waals surface area contributed by atoms with Crippen LogP contribution in [0.3, 0.4) is 0 Å². The van der Waals surface area contributed by atoms with E-state index in [0.29, 0.717) is 24.5 Å². The van der Waals surface area contributed by atoms with Gasteiger partial charge in [0.05, 0.1) is 0 Å². The maximum Gasteiger partial charge on any atom is 0.317 e. The van der Waals surface area contributed by atoms with Gasteiger partial charge in [-0.25, -0.2) is 4.79 Å².